The Labute approximate surface area is 66.3 Å². The van der Waals surface area contributed by atoms with E-state index in [4.69, 9.17) is 11.0 Å². The minimum atomic E-state index is 0.0442. The third-order valence-corrected chi connectivity index (χ3v) is 1.57. The van der Waals surface area contributed by atoms with Crippen molar-refractivity contribution in [2.45, 2.75) is 13.0 Å². The van der Waals surface area contributed by atoms with Crippen LogP contribution < -0.4 is 5.73 Å². The van der Waals surface area contributed by atoms with E-state index in [0.717, 1.165) is 5.56 Å². The largest absolute Gasteiger partial charge is 0.324 e. The van der Waals surface area contributed by atoms with Crippen LogP contribution in [0.4, 0.5) is 0 Å². The third kappa shape index (κ3) is 1.79. The molecule has 0 spiro atoms. The summed E-state index contributed by atoms with van der Waals surface area (Å²) in [5, 5.41) is 8.49. The molecule has 0 saturated heterocycles. The van der Waals surface area contributed by atoms with Crippen LogP contribution in [0, 0.1) is 11.3 Å². The number of nitrogens with two attached hydrogens (primary N) is 1. The second-order valence-corrected chi connectivity index (χ2v) is 2.52. The van der Waals surface area contributed by atoms with E-state index in [0.29, 0.717) is 5.56 Å². The summed E-state index contributed by atoms with van der Waals surface area (Å²) in [7, 11) is 0. The van der Waals surface area contributed by atoms with Crippen molar-refractivity contribution in [3.8, 4) is 6.07 Å². The molecule has 2 heteroatoms. The van der Waals surface area contributed by atoms with Crippen LogP contribution in [0.3, 0.4) is 0 Å². The number of benzene rings is 1. The van der Waals surface area contributed by atoms with Crippen molar-refractivity contribution in [2.75, 3.05) is 0 Å². The van der Waals surface area contributed by atoms with Gasteiger partial charge in [-0.2, -0.15) is 5.26 Å². The van der Waals surface area contributed by atoms with Crippen molar-refractivity contribution in [1.29, 1.82) is 5.26 Å². The van der Waals surface area contributed by atoms with E-state index < -0.39 is 0 Å². The maximum Gasteiger partial charge on any atom is 0.0991 e. The Kier molecular flexibility index (Phi) is 2.25. The summed E-state index contributed by atoms with van der Waals surface area (Å²) >= 11 is 0. The lowest BCUT2D eigenvalue weighted by Gasteiger charge is -2.03. The van der Waals surface area contributed by atoms with Gasteiger partial charge in [-0.05, 0) is 24.6 Å². The van der Waals surface area contributed by atoms with Gasteiger partial charge in [0.1, 0.15) is 0 Å². The SMILES string of the molecule is C[C@H](N)c1ccc(C#N)cc1. The lowest BCUT2D eigenvalue weighted by Crippen LogP contribution is -2.04. The highest BCUT2D eigenvalue weighted by molar-refractivity contribution is 5.32. The van der Waals surface area contributed by atoms with E-state index in [1.165, 1.54) is 0 Å². The van der Waals surface area contributed by atoms with Crippen LogP contribution in [0.2, 0.25) is 0 Å². The Balaban J connectivity index is 2.94. The molecule has 2 nitrogen and oxygen atoms in total. The number of nitrogens with zero attached hydrogens (tertiary/aromatic N) is 1. The molecule has 1 aromatic carbocycles. The van der Waals surface area contributed by atoms with Crippen LogP contribution >= 0.6 is 0 Å². The smallest absolute Gasteiger partial charge is 0.0991 e. The molecule has 0 amide bonds. The fourth-order valence-corrected chi connectivity index (χ4v) is 0.861. The second kappa shape index (κ2) is 3.18. The van der Waals surface area contributed by atoms with E-state index >= 15 is 0 Å². The molecule has 0 radical (unpaired) electrons. The van der Waals surface area contributed by atoms with Crippen LogP contribution in [0.25, 0.3) is 0 Å². The highest BCUT2D eigenvalue weighted by atomic mass is 14.6. The molecule has 0 aliphatic heterocycles. The van der Waals surface area contributed by atoms with Gasteiger partial charge in [0.25, 0.3) is 0 Å². The molecule has 1 atom stereocenters. The summed E-state index contributed by atoms with van der Waals surface area (Å²) < 4.78 is 0. The Morgan fingerprint density at radius 3 is 2.27 bits per heavy atom. The molecule has 2 N–H and O–H groups in total. The number of nitriles is 1. The first-order valence-electron chi connectivity index (χ1n) is 3.49. The normalized spacial score (nSPS) is 12.1. The molecule has 1 aromatic rings. The van der Waals surface area contributed by atoms with Gasteiger partial charge in [0.15, 0.2) is 0 Å². The molecule has 0 heterocycles. The molecule has 0 aromatic heterocycles. The van der Waals surface area contributed by atoms with Crippen LogP contribution in [-0.2, 0) is 0 Å². The van der Waals surface area contributed by atoms with Crippen LogP contribution in [0.1, 0.15) is 24.1 Å². The molecule has 56 valence electrons. The predicted octanol–water partition coefficient (Wildman–Crippen LogP) is 1.58. The Bertz CT molecular complexity index is 267. The van der Waals surface area contributed by atoms with Crippen molar-refractivity contribution in [3.63, 3.8) is 0 Å². The fourth-order valence-electron chi connectivity index (χ4n) is 0.861. The average Bonchev–Trinajstić information content (AvgIpc) is 2.05. The monoisotopic (exact) mass is 146 g/mol. The number of rotatable bonds is 1. The number of hydrogen-bond acceptors (Lipinski definition) is 2. The maximum atomic E-state index is 8.49. The molecular formula is C9H10N2. The number of hydrogen-bond donors (Lipinski definition) is 1. The zero-order valence-electron chi connectivity index (χ0n) is 6.41. The zero-order chi connectivity index (χ0) is 8.27. The minimum Gasteiger partial charge on any atom is -0.324 e. The third-order valence-electron chi connectivity index (χ3n) is 1.57. The Hall–Kier alpha value is -1.33. The molecular weight excluding hydrogens is 136 g/mol. The molecule has 0 fully saturated rings. The van der Waals surface area contributed by atoms with E-state index in [-0.39, 0.29) is 6.04 Å². The highest BCUT2D eigenvalue weighted by Crippen LogP contribution is 2.09. The molecule has 0 aliphatic rings. The topological polar surface area (TPSA) is 49.8 Å². The van der Waals surface area contributed by atoms with E-state index in [2.05, 4.69) is 6.07 Å². The van der Waals surface area contributed by atoms with Gasteiger partial charge in [-0.3, -0.25) is 0 Å². The van der Waals surface area contributed by atoms with Gasteiger partial charge in [-0.25, -0.2) is 0 Å². The van der Waals surface area contributed by atoms with Crippen molar-refractivity contribution < 1.29 is 0 Å². The second-order valence-electron chi connectivity index (χ2n) is 2.52. The molecule has 11 heavy (non-hydrogen) atoms. The molecule has 1 rings (SSSR count). The predicted molar refractivity (Wildman–Crippen MR) is 43.8 cm³/mol. The van der Waals surface area contributed by atoms with Crippen molar-refractivity contribution in [3.05, 3.63) is 35.4 Å². The maximum absolute atomic E-state index is 8.49. The standard InChI is InChI=1S/C9H10N2/c1-7(11)9-4-2-8(6-10)3-5-9/h2-5,7H,11H2,1H3/t7-/m0/s1. The van der Waals surface area contributed by atoms with E-state index in [9.17, 15) is 0 Å². The van der Waals surface area contributed by atoms with Crippen molar-refractivity contribution in [2.24, 2.45) is 5.73 Å². The van der Waals surface area contributed by atoms with Crippen molar-refractivity contribution >= 4 is 0 Å². The average molecular weight is 146 g/mol. The highest BCUT2D eigenvalue weighted by Gasteiger charge is 1.97. The quantitative estimate of drug-likeness (QED) is 0.653. The first kappa shape index (κ1) is 7.77. The summed E-state index contributed by atoms with van der Waals surface area (Å²) in [6.07, 6.45) is 0. The lowest BCUT2D eigenvalue weighted by molar-refractivity contribution is 0.818. The first-order chi connectivity index (χ1) is 5.24. The molecule has 0 saturated carbocycles. The molecule has 0 unspecified atom stereocenters. The van der Waals surface area contributed by atoms with Crippen LogP contribution in [-0.4, -0.2) is 0 Å². The summed E-state index contributed by atoms with van der Waals surface area (Å²) in [5.41, 5.74) is 7.36. The minimum absolute atomic E-state index is 0.0442. The van der Waals surface area contributed by atoms with E-state index in [1.54, 1.807) is 12.1 Å². The van der Waals surface area contributed by atoms with Crippen LogP contribution in [0.15, 0.2) is 24.3 Å². The zero-order valence-corrected chi connectivity index (χ0v) is 6.41. The summed E-state index contributed by atoms with van der Waals surface area (Å²) in [4.78, 5) is 0. The van der Waals surface area contributed by atoms with Gasteiger partial charge in [0.05, 0.1) is 11.6 Å². The summed E-state index contributed by atoms with van der Waals surface area (Å²) in [5.74, 6) is 0. The van der Waals surface area contributed by atoms with Gasteiger partial charge >= 0.3 is 0 Å². The van der Waals surface area contributed by atoms with E-state index in [1.807, 2.05) is 19.1 Å². The Morgan fingerprint density at radius 1 is 1.36 bits per heavy atom. The molecule has 0 bridgehead atoms. The van der Waals surface area contributed by atoms with Gasteiger partial charge in [0.2, 0.25) is 0 Å². The Morgan fingerprint density at radius 2 is 1.91 bits per heavy atom. The summed E-state index contributed by atoms with van der Waals surface area (Å²) in [6.45, 7) is 1.92. The van der Waals surface area contributed by atoms with Crippen molar-refractivity contribution in [1.82, 2.24) is 0 Å². The first-order valence-corrected chi connectivity index (χ1v) is 3.49. The van der Waals surface area contributed by atoms with Crippen LogP contribution in [0.5, 0.6) is 0 Å². The lowest BCUT2D eigenvalue weighted by atomic mass is 10.1. The van der Waals surface area contributed by atoms with Gasteiger partial charge in [-0.15, -0.1) is 0 Å². The fraction of sp³-hybridized carbons (Fsp3) is 0.222. The van der Waals surface area contributed by atoms with Gasteiger partial charge in [-0.1, -0.05) is 12.1 Å². The van der Waals surface area contributed by atoms with Gasteiger partial charge in [0, 0.05) is 6.04 Å². The molecule has 0 aliphatic carbocycles. The summed E-state index contributed by atoms with van der Waals surface area (Å²) in [6, 6.07) is 9.41. The van der Waals surface area contributed by atoms with Gasteiger partial charge < -0.3 is 5.73 Å².